The molecule has 0 saturated carbocycles. The van der Waals surface area contributed by atoms with Crippen molar-refractivity contribution in [1.29, 1.82) is 0 Å². The number of pyridine rings is 1. The largest absolute Gasteiger partial charge is 0.477 e. The number of hydrogen-bond donors (Lipinski definition) is 2. The van der Waals surface area contributed by atoms with Crippen molar-refractivity contribution in [3.8, 4) is 0 Å². The summed E-state index contributed by atoms with van der Waals surface area (Å²) >= 11 is 1.17. The monoisotopic (exact) mass is 328 g/mol. The zero-order valence-corrected chi connectivity index (χ0v) is 13.8. The van der Waals surface area contributed by atoms with Crippen molar-refractivity contribution >= 4 is 33.3 Å². The second-order valence-corrected chi connectivity index (χ2v) is 6.33. The van der Waals surface area contributed by atoms with Crippen LogP contribution in [-0.2, 0) is 0 Å². The number of carboxylic acid groups (broad SMARTS) is 1. The zero-order chi connectivity index (χ0) is 16.6. The van der Waals surface area contributed by atoms with Crippen LogP contribution in [0.2, 0.25) is 0 Å². The third kappa shape index (κ3) is 2.75. The van der Waals surface area contributed by atoms with Crippen LogP contribution in [0.3, 0.4) is 0 Å². The lowest BCUT2D eigenvalue weighted by Crippen LogP contribution is -2.11. The number of aromatic carboxylic acids is 1. The Kier molecular flexibility index (Phi) is 3.96. The van der Waals surface area contributed by atoms with Crippen LogP contribution in [0.4, 0.5) is 5.82 Å². The van der Waals surface area contributed by atoms with Crippen LogP contribution < -0.4 is 5.32 Å². The van der Waals surface area contributed by atoms with Crippen LogP contribution in [-0.4, -0.2) is 26.0 Å². The fourth-order valence-corrected chi connectivity index (χ4v) is 3.60. The van der Waals surface area contributed by atoms with E-state index in [1.165, 1.54) is 17.7 Å². The number of aromatic nitrogens is 3. The lowest BCUT2D eigenvalue weighted by molar-refractivity contribution is 0.0701. The minimum atomic E-state index is -0.940. The first kappa shape index (κ1) is 15.4. The van der Waals surface area contributed by atoms with Crippen molar-refractivity contribution in [3.05, 3.63) is 46.4 Å². The van der Waals surface area contributed by atoms with Gasteiger partial charge in [0.15, 0.2) is 0 Å². The topological polar surface area (TPSA) is 88.0 Å². The summed E-state index contributed by atoms with van der Waals surface area (Å²) in [6.45, 7) is 5.80. The highest BCUT2D eigenvalue weighted by Gasteiger charge is 2.20. The number of nitrogens with one attached hydrogen (secondary N) is 1. The summed E-state index contributed by atoms with van der Waals surface area (Å²) in [5.41, 5.74) is 2.71. The van der Waals surface area contributed by atoms with Gasteiger partial charge in [-0.05, 0) is 38.0 Å². The molecule has 0 aliphatic heterocycles. The van der Waals surface area contributed by atoms with Gasteiger partial charge in [-0.25, -0.2) is 14.8 Å². The maximum absolute atomic E-state index is 11.3. The number of carboxylic acids is 1. The van der Waals surface area contributed by atoms with E-state index in [4.69, 9.17) is 0 Å². The summed E-state index contributed by atoms with van der Waals surface area (Å²) in [5, 5.41) is 13.4. The number of aryl methyl sites for hydroxylation is 2. The summed E-state index contributed by atoms with van der Waals surface area (Å²) in [5.74, 6) is -0.307. The van der Waals surface area contributed by atoms with Gasteiger partial charge in [-0.2, -0.15) is 0 Å². The summed E-state index contributed by atoms with van der Waals surface area (Å²) in [4.78, 5) is 25.2. The minimum Gasteiger partial charge on any atom is -0.477 e. The van der Waals surface area contributed by atoms with Gasteiger partial charge in [0.2, 0.25) is 0 Å². The fraction of sp³-hybridized carbons (Fsp3) is 0.250. The molecule has 118 valence electrons. The van der Waals surface area contributed by atoms with Crippen molar-refractivity contribution in [2.45, 2.75) is 26.8 Å². The summed E-state index contributed by atoms with van der Waals surface area (Å²) < 4.78 is 0. The van der Waals surface area contributed by atoms with Gasteiger partial charge in [0, 0.05) is 6.20 Å². The smallest absolute Gasteiger partial charge is 0.346 e. The van der Waals surface area contributed by atoms with E-state index < -0.39 is 5.97 Å². The molecule has 0 amide bonds. The Morgan fingerprint density at radius 1 is 1.30 bits per heavy atom. The Morgan fingerprint density at radius 3 is 2.78 bits per heavy atom. The predicted octanol–water partition coefficient (Wildman–Crippen LogP) is 3.57. The number of rotatable bonds is 4. The van der Waals surface area contributed by atoms with Gasteiger partial charge in [-0.15, -0.1) is 11.3 Å². The number of fused-ring (bicyclic) bond motifs is 1. The summed E-state index contributed by atoms with van der Waals surface area (Å²) in [7, 11) is 0. The van der Waals surface area contributed by atoms with E-state index in [9.17, 15) is 9.90 Å². The molecule has 0 spiro atoms. The summed E-state index contributed by atoms with van der Waals surface area (Å²) in [6.07, 6.45) is 3.21. The third-order valence-corrected chi connectivity index (χ3v) is 4.92. The molecule has 3 aromatic heterocycles. The van der Waals surface area contributed by atoms with Crippen LogP contribution in [0.5, 0.6) is 0 Å². The molecular formula is C16H16N4O2S. The normalized spacial score (nSPS) is 12.3. The van der Waals surface area contributed by atoms with Crippen molar-refractivity contribution in [2.75, 3.05) is 5.32 Å². The maximum Gasteiger partial charge on any atom is 0.346 e. The number of thiophene rings is 1. The van der Waals surface area contributed by atoms with Gasteiger partial charge in [0.25, 0.3) is 0 Å². The molecule has 0 bridgehead atoms. The molecule has 3 heterocycles. The van der Waals surface area contributed by atoms with E-state index in [1.807, 2.05) is 26.0 Å². The van der Waals surface area contributed by atoms with E-state index in [-0.39, 0.29) is 6.04 Å². The minimum absolute atomic E-state index is 0.0538. The Labute approximate surface area is 137 Å². The molecule has 7 heteroatoms. The van der Waals surface area contributed by atoms with Crippen molar-refractivity contribution in [1.82, 2.24) is 15.0 Å². The molecule has 6 nitrogen and oxygen atoms in total. The highest BCUT2D eigenvalue weighted by Crippen LogP contribution is 2.34. The molecular weight excluding hydrogens is 312 g/mol. The number of carbonyl (C=O) groups is 1. The average molecular weight is 328 g/mol. The SMILES string of the molecule is Cc1cccnc1[C@@H](C)Nc1ncnc2sc(C(=O)O)c(C)c12. The van der Waals surface area contributed by atoms with Gasteiger partial charge in [-0.1, -0.05) is 6.07 Å². The van der Waals surface area contributed by atoms with Crippen LogP contribution in [0.15, 0.2) is 24.7 Å². The first-order chi connectivity index (χ1) is 11.0. The van der Waals surface area contributed by atoms with E-state index in [0.717, 1.165) is 16.6 Å². The molecule has 0 aromatic carbocycles. The van der Waals surface area contributed by atoms with Gasteiger partial charge in [-0.3, -0.25) is 4.98 Å². The average Bonchev–Trinajstić information content (AvgIpc) is 2.86. The van der Waals surface area contributed by atoms with Crippen LogP contribution in [0.25, 0.3) is 10.2 Å². The van der Waals surface area contributed by atoms with E-state index in [1.54, 1.807) is 13.1 Å². The second kappa shape index (κ2) is 5.92. The molecule has 3 rings (SSSR count). The molecule has 3 aromatic rings. The molecule has 0 aliphatic carbocycles. The highest BCUT2D eigenvalue weighted by atomic mass is 32.1. The lowest BCUT2D eigenvalue weighted by atomic mass is 10.1. The van der Waals surface area contributed by atoms with Crippen LogP contribution in [0.1, 0.15) is 39.5 Å². The molecule has 0 unspecified atom stereocenters. The summed E-state index contributed by atoms with van der Waals surface area (Å²) in [6, 6.07) is 3.85. The molecule has 0 fully saturated rings. The fourth-order valence-electron chi connectivity index (χ4n) is 2.61. The quantitative estimate of drug-likeness (QED) is 0.761. The number of hydrogen-bond acceptors (Lipinski definition) is 6. The first-order valence-electron chi connectivity index (χ1n) is 7.14. The van der Waals surface area contributed by atoms with E-state index in [0.29, 0.717) is 21.1 Å². The zero-order valence-electron chi connectivity index (χ0n) is 13.0. The maximum atomic E-state index is 11.3. The van der Waals surface area contributed by atoms with Gasteiger partial charge >= 0.3 is 5.97 Å². The Bertz CT molecular complexity index is 891. The Balaban J connectivity index is 2.04. The highest BCUT2D eigenvalue weighted by molar-refractivity contribution is 7.20. The predicted molar refractivity (Wildman–Crippen MR) is 90.1 cm³/mol. The van der Waals surface area contributed by atoms with Gasteiger partial charge < -0.3 is 10.4 Å². The van der Waals surface area contributed by atoms with Gasteiger partial charge in [0.05, 0.1) is 17.1 Å². The lowest BCUT2D eigenvalue weighted by Gasteiger charge is -2.16. The Hall–Kier alpha value is -2.54. The molecule has 2 N–H and O–H groups in total. The number of nitrogens with zero attached hydrogens (tertiary/aromatic N) is 3. The number of anilines is 1. The third-order valence-electron chi connectivity index (χ3n) is 3.73. The van der Waals surface area contributed by atoms with Crippen LogP contribution >= 0.6 is 11.3 Å². The molecule has 0 radical (unpaired) electrons. The second-order valence-electron chi connectivity index (χ2n) is 5.34. The van der Waals surface area contributed by atoms with E-state index >= 15 is 0 Å². The van der Waals surface area contributed by atoms with Gasteiger partial charge in [0.1, 0.15) is 21.9 Å². The Morgan fingerprint density at radius 2 is 2.09 bits per heavy atom. The van der Waals surface area contributed by atoms with Crippen molar-refractivity contribution in [3.63, 3.8) is 0 Å². The first-order valence-corrected chi connectivity index (χ1v) is 7.96. The van der Waals surface area contributed by atoms with Crippen molar-refractivity contribution in [2.24, 2.45) is 0 Å². The van der Waals surface area contributed by atoms with Crippen LogP contribution in [0, 0.1) is 13.8 Å². The van der Waals surface area contributed by atoms with Crippen molar-refractivity contribution < 1.29 is 9.90 Å². The molecule has 0 aliphatic rings. The molecule has 23 heavy (non-hydrogen) atoms. The van der Waals surface area contributed by atoms with E-state index in [2.05, 4.69) is 20.3 Å². The standard InChI is InChI=1S/C16H16N4O2S/c1-8-5-4-6-17-12(8)10(3)20-14-11-9(2)13(16(21)22)23-15(11)19-7-18-14/h4-7,10H,1-3H3,(H,21,22)(H,18,19,20)/t10-/m1/s1. The molecule has 1 atom stereocenters. The molecule has 0 saturated heterocycles.